The van der Waals surface area contributed by atoms with Crippen molar-refractivity contribution in [3.05, 3.63) is 47.0 Å². The summed E-state index contributed by atoms with van der Waals surface area (Å²) in [7, 11) is -3.98. The van der Waals surface area contributed by atoms with E-state index in [1.54, 1.807) is 20.8 Å². The highest BCUT2D eigenvalue weighted by atomic mass is 35.5. The van der Waals surface area contributed by atoms with E-state index in [0.29, 0.717) is 0 Å². The van der Waals surface area contributed by atoms with Gasteiger partial charge in [0, 0.05) is 11.7 Å². The van der Waals surface area contributed by atoms with Gasteiger partial charge in [0.15, 0.2) is 11.5 Å². The maximum Gasteiger partial charge on any atom is 0.341 e. The van der Waals surface area contributed by atoms with E-state index >= 15 is 0 Å². The molecular weight excluding hydrogens is 425 g/mol. The largest absolute Gasteiger partial charge is 0.477 e. The average molecular weight is 442 g/mol. The molecule has 0 saturated carbocycles. The molecule has 12 heteroatoms. The lowest BCUT2D eigenvalue weighted by Gasteiger charge is -2.19. The SMILES string of the molecule is CC(C)(C)NS(=O)(=O)c1cnn2c(Nc3ccc(F)cc3Cl)c(C(=O)O)cnc12. The fourth-order valence-electron chi connectivity index (χ4n) is 2.55. The minimum absolute atomic E-state index is 0.000649. The van der Waals surface area contributed by atoms with E-state index in [1.165, 1.54) is 6.07 Å². The van der Waals surface area contributed by atoms with Crippen LogP contribution in [0.15, 0.2) is 35.5 Å². The number of halogens is 2. The molecule has 9 nitrogen and oxygen atoms in total. The molecular formula is C17H17ClFN5O4S. The van der Waals surface area contributed by atoms with Crippen molar-refractivity contribution in [2.75, 3.05) is 5.32 Å². The summed E-state index contributed by atoms with van der Waals surface area (Å²) in [5.41, 5.74) is -0.923. The molecule has 29 heavy (non-hydrogen) atoms. The third-order valence-electron chi connectivity index (χ3n) is 3.64. The number of nitrogens with one attached hydrogen (secondary N) is 2. The molecule has 2 heterocycles. The smallest absolute Gasteiger partial charge is 0.341 e. The highest BCUT2D eigenvalue weighted by Crippen LogP contribution is 2.29. The number of carbonyl (C=O) groups is 1. The summed E-state index contributed by atoms with van der Waals surface area (Å²) >= 11 is 6.01. The minimum atomic E-state index is -3.98. The Morgan fingerprint density at radius 2 is 1.97 bits per heavy atom. The Balaban J connectivity index is 2.19. The Labute approximate surface area is 170 Å². The molecule has 0 aliphatic carbocycles. The molecule has 0 radical (unpaired) electrons. The summed E-state index contributed by atoms with van der Waals surface area (Å²) in [6.45, 7) is 5.03. The second-order valence-electron chi connectivity index (χ2n) is 7.17. The van der Waals surface area contributed by atoms with Gasteiger partial charge in [0.05, 0.1) is 16.9 Å². The van der Waals surface area contributed by atoms with Gasteiger partial charge in [-0.2, -0.15) is 9.61 Å². The monoisotopic (exact) mass is 441 g/mol. The summed E-state index contributed by atoms with van der Waals surface area (Å²) in [4.78, 5) is 15.4. The number of anilines is 2. The van der Waals surface area contributed by atoms with Crippen molar-refractivity contribution in [1.29, 1.82) is 0 Å². The zero-order valence-corrected chi connectivity index (χ0v) is 17.1. The third kappa shape index (κ3) is 4.31. The van der Waals surface area contributed by atoms with Crippen LogP contribution in [0, 0.1) is 5.82 Å². The van der Waals surface area contributed by atoms with Crippen LogP contribution in [0.5, 0.6) is 0 Å². The fourth-order valence-corrected chi connectivity index (χ4v) is 4.25. The highest BCUT2D eigenvalue weighted by Gasteiger charge is 2.28. The molecule has 2 aromatic heterocycles. The van der Waals surface area contributed by atoms with Crippen LogP contribution in [0.3, 0.4) is 0 Å². The van der Waals surface area contributed by atoms with E-state index in [9.17, 15) is 22.7 Å². The van der Waals surface area contributed by atoms with Gasteiger partial charge in [0.1, 0.15) is 16.3 Å². The molecule has 3 N–H and O–H groups in total. The van der Waals surface area contributed by atoms with Crippen LogP contribution in [-0.4, -0.2) is 39.6 Å². The number of sulfonamides is 1. The van der Waals surface area contributed by atoms with E-state index in [4.69, 9.17) is 11.6 Å². The van der Waals surface area contributed by atoms with Crippen molar-refractivity contribution in [3.8, 4) is 0 Å². The zero-order chi connectivity index (χ0) is 21.6. The Hall–Kier alpha value is -2.76. The van der Waals surface area contributed by atoms with Crippen molar-refractivity contribution in [3.63, 3.8) is 0 Å². The topological polar surface area (TPSA) is 126 Å². The number of carboxylic acid groups (broad SMARTS) is 1. The van der Waals surface area contributed by atoms with Crippen LogP contribution in [0.4, 0.5) is 15.9 Å². The highest BCUT2D eigenvalue weighted by molar-refractivity contribution is 7.89. The number of nitrogens with zero attached hydrogens (tertiary/aromatic N) is 3. The van der Waals surface area contributed by atoms with Crippen LogP contribution in [0.2, 0.25) is 5.02 Å². The normalized spacial score (nSPS) is 12.3. The van der Waals surface area contributed by atoms with Gasteiger partial charge < -0.3 is 10.4 Å². The Morgan fingerprint density at radius 3 is 2.55 bits per heavy atom. The molecule has 0 amide bonds. The van der Waals surface area contributed by atoms with E-state index in [-0.39, 0.29) is 32.6 Å². The quantitative estimate of drug-likeness (QED) is 0.555. The molecule has 0 saturated heterocycles. The summed E-state index contributed by atoms with van der Waals surface area (Å²) in [6, 6.07) is 3.51. The summed E-state index contributed by atoms with van der Waals surface area (Å²) in [5, 5.41) is 16.3. The van der Waals surface area contributed by atoms with Crippen LogP contribution in [0.25, 0.3) is 5.65 Å². The van der Waals surface area contributed by atoms with Gasteiger partial charge in [0.25, 0.3) is 0 Å². The lowest BCUT2D eigenvalue weighted by atomic mass is 10.1. The number of benzene rings is 1. The number of fused-ring (bicyclic) bond motifs is 1. The number of rotatable bonds is 5. The minimum Gasteiger partial charge on any atom is -0.477 e. The Kier molecular flexibility index (Phi) is 5.24. The molecule has 0 unspecified atom stereocenters. The first kappa shape index (κ1) is 21.0. The summed E-state index contributed by atoms with van der Waals surface area (Å²) < 4.78 is 42.2. The molecule has 0 atom stereocenters. The average Bonchev–Trinajstić information content (AvgIpc) is 3.00. The number of hydrogen-bond acceptors (Lipinski definition) is 6. The number of aromatic carboxylic acids is 1. The van der Waals surface area contributed by atoms with Gasteiger partial charge in [-0.25, -0.2) is 27.3 Å². The van der Waals surface area contributed by atoms with Gasteiger partial charge in [-0.3, -0.25) is 0 Å². The lowest BCUT2D eigenvalue weighted by molar-refractivity contribution is 0.0697. The van der Waals surface area contributed by atoms with Crippen molar-refractivity contribution in [2.45, 2.75) is 31.2 Å². The first-order valence-electron chi connectivity index (χ1n) is 8.25. The van der Waals surface area contributed by atoms with Gasteiger partial charge in [-0.15, -0.1) is 0 Å². The molecule has 1 aromatic carbocycles. The zero-order valence-electron chi connectivity index (χ0n) is 15.6. The molecule has 3 aromatic rings. The van der Waals surface area contributed by atoms with Gasteiger partial charge in [-0.1, -0.05) is 11.6 Å². The molecule has 3 rings (SSSR count). The molecule has 0 spiro atoms. The summed E-state index contributed by atoms with van der Waals surface area (Å²) in [6.07, 6.45) is 2.08. The van der Waals surface area contributed by atoms with E-state index in [0.717, 1.165) is 29.0 Å². The maximum atomic E-state index is 13.3. The molecule has 154 valence electrons. The second kappa shape index (κ2) is 7.25. The van der Waals surface area contributed by atoms with Crippen LogP contribution >= 0.6 is 11.6 Å². The van der Waals surface area contributed by atoms with Gasteiger partial charge in [0.2, 0.25) is 10.0 Å². The second-order valence-corrected chi connectivity index (χ2v) is 9.23. The molecule has 0 bridgehead atoms. The number of aromatic nitrogens is 3. The lowest BCUT2D eigenvalue weighted by Crippen LogP contribution is -2.40. The standard InChI is InChI=1S/C17H17ClFN5O4S/c1-17(2,3)23-29(27,28)13-8-21-24-14(10(16(25)26)7-20-15(13)24)22-12-5-4-9(19)6-11(12)18/h4-8,22-23H,1-3H3,(H,25,26). The number of carboxylic acids is 1. The molecule has 0 fully saturated rings. The van der Waals surface area contributed by atoms with Crippen molar-refractivity contribution in [1.82, 2.24) is 19.3 Å². The van der Waals surface area contributed by atoms with Crippen LogP contribution < -0.4 is 10.0 Å². The third-order valence-corrected chi connectivity index (χ3v) is 5.70. The number of hydrogen-bond donors (Lipinski definition) is 3. The first-order valence-corrected chi connectivity index (χ1v) is 10.1. The van der Waals surface area contributed by atoms with Crippen molar-refractivity contribution < 1.29 is 22.7 Å². The van der Waals surface area contributed by atoms with E-state index in [1.807, 2.05) is 0 Å². The van der Waals surface area contributed by atoms with E-state index in [2.05, 4.69) is 20.1 Å². The van der Waals surface area contributed by atoms with Crippen LogP contribution in [-0.2, 0) is 10.0 Å². The summed E-state index contributed by atoms with van der Waals surface area (Å²) in [5.74, 6) is -1.99. The van der Waals surface area contributed by atoms with Gasteiger partial charge >= 0.3 is 5.97 Å². The maximum absolute atomic E-state index is 13.3. The first-order chi connectivity index (χ1) is 13.4. The Morgan fingerprint density at radius 1 is 1.28 bits per heavy atom. The van der Waals surface area contributed by atoms with Crippen LogP contribution in [0.1, 0.15) is 31.1 Å². The molecule has 0 aliphatic heterocycles. The predicted molar refractivity (Wildman–Crippen MR) is 105 cm³/mol. The van der Waals surface area contributed by atoms with Gasteiger partial charge in [-0.05, 0) is 39.0 Å². The van der Waals surface area contributed by atoms with Crippen molar-refractivity contribution >= 4 is 44.7 Å². The predicted octanol–water partition coefficient (Wildman–Crippen LogP) is 3.04. The fraction of sp³-hybridized carbons (Fsp3) is 0.235. The Bertz CT molecular complexity index is 1220. The van der Waals surface area contributed by atoms with Crippen molar-refractivity contribution in [2.24, 2.45) is 0 Å². The molecule has 0 aliphatic rings. The van der Waals surface area contributed by atoms with E-state index < -0.39 is 27.3 Å².